The van der Waals surface area contributed by atoms with Crippen LogP contribution in [0.4, 0.5) is 5.69 Å². The summed E-state index contributed by atoms with van der Waals surface area (Å²) in [6.07, 6.45) is 0.271. The summed E-state index contributed by atoms with van der Waals surface area (Å²) in [4.78, 5) is 29.7. The highest BCUT2D eigenvalue weighted by Crippen LogP contribution is 2.26. The molecule has 0 bridgehead atoms. The predicted octanol–water partition coefficient (Wildman–Crippen LogP) is 5.66. The third-order valence-corrected chi connectivity index (χ3v) is 8.86. The molecule has 0 fully saturated rings. The fourth-order valence-corrected chi connectivity index (χ4v) is 6.27. The molecule has 4 aromatic carbocycles. The second-order valence-corrected chi connectivity index (χ2v) is 12.9. The third kappa shape index (κ3) is 8.32. The van der Waals surface area contributed by atoms with Crippen LogP contribution < -0.4 is 9.62 Å². The van der Waals surface area contributed by atoms with E-state index in [0.29, 0.717) is 5.69 Å². The standard InChI is InChI=1S/C35H39N3O4S/c1-26(2)36-35(40)33(23-29-13-7-5-8-14-29)37(24-30-15-9-6-10-16-30)34(39)25-38(31-17-11-12-28(4)22-31)43(41,42)32-20-18-27(3)19-21-32/h5-22,26,33H,23-25H2,1-4H3,(H,36,40). The number of rotatable bonds is 12. The summed E-state index contributed by atoms with van der Waals surface area (Å²) in [6, 6.07) is 31.5. The van der Waals surface area contributed by atoms with Crippen molar-refractivity contribution in [2.45, 2.75) is 57.6 Å². The number of aryl methyl sites for hydroxylation is 2. The Kier molecular flexibility index (Phi) is 10.4. The third-order valence-electron chi connectivity index (χ3n) is 7.08. The molecular weight excluding hydrogens is 558 g/mol. The maximum atomic E-state index is 14.4. The first-order valence-corrected chi connectivity index (χ1v) is 15.8. The van der Waals surface area contributed by atoms with Crippen LogP contribution in [0.25, 0.3) is 0 Å². The van der Waals surface area contributed by atoms with E-state index in [9.17, 15) is 18.0 Å². The highest BCUT2D eigenvalue weighted by atomic mass is 32.2. The fourth-order valence-electron chi connectivity index (χ4n) is 4.86. The second kappa shape index (κ2) is 14.2. The van der Waals surface area contributed by atoms with E-state index in [1.165, 1.54) is 4.90 Å². The predicted molar refractivity (Wildman–Crippen MR) is 171 cm³/mol. The van der Waals surface area contributed by atoms with Crippen molar-refractivity contribution >= 4 is 27.5 Å². The number of sulfonamides is 1. The highest BCUT2D eigenvalue weighted by Gasteiger charge is 2.34. The lowest BCUT2D eigenvalue weighted by Crippen LogP contribution is -2.54. The van der Waals surface area contributed by atoms with Gasteiger partial charge in [0.1, 0.15) is 12.6 Å². The summed E-state index contributed by atoms with van der Waals surface area (Å²) in [5.41, 5.74) is 3.87. The van der Waals surface area contributed by atoms with Crippen LogP contribution >= 0.6 is 0 Å². The van der Waals surface area contributed by atoms with Crippen LogP contribution in [0.2, 0.25) is 0 Å². The summed E-state index contributed by atoms with van der Waals surface area (Å²) in [5, 5.41) is 2.97. The van der Waals surface area contributed by atoms with Gasteiger partial charge >= 0.3 is 0 Å². The minimum atomic E-state index is -4.13. The van der Waals surface area contributed by atoms with Gasteiger partial charge in [-0.3, -0.25) is 13.9 Å². The molecule has 8 heteroatoms. The number of anilines is 1. The van der Waals surface area contributed by atoms with Crippen LogP contribution in [-0.4, -0.2) is 43.8 Å². The zero-order valence-corrected chi connectivity index (χ0v) is 25.9. The molecule has 0 aliphatic rings. The van der Waals surface area contributed by atoms with E-state index in [0.717, 1.165) is 26.6 Å². The van der Waals surface area contributed by atoms with Crippen LogP contribution in [0.1, 0.15) is 36.1 Å². The minimum absolute atomic E-state index is 0.0837. The first-order chi connectivity index (χ1) is 20.5. The van der Waals surface area contributed by atoms with Crippen molar-refractivity contribution in [3.05, 3.63) is 131 Å². The van der Waals surface area contributed by atoms with Gasteiger partial charge in [0, 0.05) is 19.0 Å². The molecule has 4 aromatic rings. The maximum Gasteiger partial charge on any atom is 0.264 e. The monoisotopic (exact) mass is 597 g/mol. The summed E-state index contributed by atoms with van der Waals surface area (Å²) in [6.45, 7) is 7.15. The topological polar surface area (TPSA) is 86.8 Å². The van der Waals surface area contributed by atoms with Gasteiger partial charge in [0.15, 0.2) is 0 Å². The molecule has 0 aromatic heterocycles. The SMILES string of the molecule is Cc1ccc(S(=O)(=O)N(CC(=O)N(Cc2ccccc2)C(Cc2ccccc2)C(=O)NC(C)C)c2cccc(C)c2)cc1. The van der Waals surface area contributed by atoms with Gasteiger partial charge in [0.05, 0.1) is 10.6 Å². The van der Waals surface area contributed by atoms with Crippen LogP contribution in [-0.2, 0) is 32.6 Å². The van der Waals surface area contributed by atoms with E-state index >= 15 is 0 Å². The fraction of sp³-hybridized carbons (Fsp3) is 0.257. The number of carbonyl (C=O) groups is 2. The summed E-state index contributed by atoms with van der Waals surface area (Å²) in [5.74, 6) is -0.785. The zero-order chi connectivity index (χ0) is 31.0. The molecule has 0 aliphatic carbocycles. The van der Waals surface area contributed by atoms with Gasteiger partial charge in [-0.2, -0.15) is 0 Å². The molecule has 0 aliphatic heterocycles. The highest BCUT2D eigenvalue weighted by molar-refractivity contribution is 7.92. The largest absolute Gasteiger partial charge is 0.352 e. The van der Waals surface area contributed by atoms with Crippen molar-refractivity contribution in [3.63, 3.8) is 0 Å². The first-order valence-electron chi connectivity index (χ1n) is 14.4. The molecule has 43 heavy (non-hydrogen) atoms. The van der Waals surface area contributed by atoms with Gasteiger partial charge in [0.2, 0.25) is 11.8 Å². The Morgan fingerprint density at radius 1 is 0.744 bits per heavy atom. The molecule has 0 saturated heterocycles. The van der Waals surface area contributed by atoms with Crippen LogP contribution in [0.3, 0.4) is 0 Å². The molecule has 4 rings (SSSR count). The lowest BCUT2D eigenvalue weighted by Gasteiger charge is -2.34. The Bertz CT molecular complexity index is 1620. The average Bonchev–Trinajstić information content (AvgIpc) is 2.98. The van der Waals surface area contributed by atoms with E-state index in [1.807, 2.05) is 94.4 Å². The summed E-state index contributed by atoms with van der Waals surface area (Å²) in [7, 11) is -4.13. The number of hydrogen-bond donors (Lipinski definition) is 1. The Morgan fingerprint density at radius 2 is 1.35 bits per heavy atom. The van der Waals surface area contributed by atoms with E-state index in [1.54, 1.807) is 42.5 Å². The lowest BCUT2D eigenvalue weighted by atomic mass is 10.0. The number of hydrogen-bond acceptors (Lipinski definition) is 4. The average molecular weight is 598 g/mol. The maximum absolute atomic E-state index is 14.4. The van der Waals surface area contributed by atoms with E-state index in [-0.39, 0.29) is 29.8 Å². The van der Waals surface area contributed by atoms with Gasteiger partial charge < -0.3 is 10.2 Å². The number of amides is 2. The smallest absolute Gasteiger partial charge is 0.264 e. The molecule has 0 radical (unpaired) electrons. The summed E-state index contributed by atoms with van der Waals surface area (Å²) < 4.78 is 29.3. The Hall–Kier alpha value is -4.43. The van der Waals surface area contributed by atoms with Gasteiger partial charge in [-0.05, 0) is 68.7 Å². The van der Waals surface area contributed by atoms with Gasteiger partial charge in [-0.15, -0.1) is 0 Å². The molecule has 1 unspecified atom stereocenters. The van der Waals surface area contributed by atoms with Crippen molar-refractivity contribution in [3.8, 4) is 0 Å². The molecule has 7 nitrogen and oxygen atoms in total. The lowest BCUT2D eigenvalue weighted by molar-refractivity contribution is -0.140. The van der Waals surface area contributed by atoms with Crippen molar-refractivity contribution in [2.75, 3.05) is 10.8 Å². The van der Waals surface area contributed by atoms with E-state index < -0.39 is 28.5 Å². The molecule has 0 saturated carbocycles. The van der Waals surface area contributed by atoms with Gasteiger partial charge in [-0.25, -0.2) is 8.42 Å². The van der Waals surface area contributed by atoms with Crippen LogP contribution in [0.5, 0.6) is 0 Å². The van der Waals surface area contributed by atoms with Crippen molar-refractivity contribution < 1.29 is 18.0 Å². The number of nitrogens with one attached hydrogen (secondary N) is 1. The Morgan fingerprint density at radius 3 is 1.93 bits per heavy atom. The molecule has 1 N–H and O–H groups in total. The van der Waals surface area contributed by atoms with Gasteiger partial charge in [-0.1, -0.05) is 90.5 Å². The van der Waals surface area contributed by atoms with Crippen molar-refractivity contribution in [1.82, 2.24) is 10.2 Å². The minimum Gasteiger partial charge on any atom is -0.352 e. The number of benzene rings is 4. The van der Waals surface area contributed by atoms with E-state index in [2.05, 4.69) is 5.32 Å². The van der Waals surface area contributed by atoms with E-state index in [4.69, 9.17) is 0 Å². The molecule has 2 amide bonds. The first kappa shape index (κ1) is 31.5. The molecule has 1 atom stereocenters. The zero-order valence-electron chi connectivity index (χ0n) is 25.1. The van der Waals surface area contributed by atoms with Gasteiger partial charge in [0.25, 0.3) is 10.0 Å². The van der Waals surface area contributed by atoms with Crippen molar-refractivity contribution in [2.24, 2.45) is 0 Å². The van der Waals surface area contributed by atoms with Crippen LogP contribution in [0.15, 0.2) is 114 Å². The molecule has 0 spiro atoms. The molecule has 0 heterocycles. The van der Waals surface area contributed by atoms with Crippen LogP contribution in [0, 0.1) is 13.8 Å². The quantitative estimate of drug-likeness (QED) is 0.228. The summed E-state index contributed by atoms with van der Waals surface area (Å²) >= 11 is 0. The number of nitrogens with zero attached hydrogens (tertiary/aromatic N) is 2. The normalized spacial score (nSPS) is 12.0. The number of carbonyl (C=O) groups excluding carboxylic acids is 2. The molecular formula is C35H39N3O4S. The molecule has 224 valence electrons. The second-order valence-electron chi connectivity index (χ2n) is 11.0. The Balaban J connectivity index is 1.79. The van der Waals surface area contributed by atoms with Crippen molar-refractivity contribution in [1.29, 1.82) is 0 Å². The Labute approximate surface area is 255 Å².